The number of ether oxygens (including phenoxy) is 1. The average Bonchev–Trinajstić information content (AvgIpc) is 2.65. The van der Waals surface area contributed by atoms with E-state index in [1.807, 2.05) is 0 Å². The van der Waals surface area contributed by atoms with Gasteiger partial charge in [0.15, 0.2) is 0 Å². The van der Waals surface area contributed by atoms with Gasteiger partial charge < -0.3 is 4.74 Å². The second-order valence-corrected chi connectivity index (χ2v) is 11.4. The monoisotopic (exact) mass is 511 g/mol. The fourth-order valence-electron chi connectivity index (χ4n) is 2.40. The highest BCUT2D eigenvalue weighted by atomic mass is 32.3. The molecule has 0 aliphatic carbocycles. The molecule has 0 spiro atoms. The van der Waals surface area contributed by atoms with Crippen LogP contribution in [0.3, 0.4) is 0 Å². The maximum absolute atomic E-state index is 14.1. The Morgan fingerprint density at radius 2 is 1.26 bits per heavy atom. The topological polar surface area (TPSA) is 56.2 Å². The summed E-state index contributed by atoms with van der Waals surface area (Å²) in [4.78, 5) is 0.00576. The van der Waals surface area contributed by atoms with Crippen LogP contribution >= 0.6 is 10.3 Å². The Kier molecular flexibility index (Phi) is 7.93. The summed E-state index contributed by atoms with van der Waals surface area (Å²) in [6.07, 6.45) is -7.13. The Labute approximate surface area is 174 Å². The zero-order valence-corrected chi connectivity index (χ0v) is 18.0. The number of hydrogen-bond donors (Lipinski definition) is 0. The third-order valence-electron chi connectivity index (χ3n) is 4.21. The Morgan fingerprint density at radius 1 is 0.806 bits per heavy atom. The van der Waals surface area contributed by atoms with Crippen LogP contribution in [0.5, 0.6) is 5.75 Å². The first-order valence-electron chi connectivity index (χ1n) is 8.57. The summed E-state index contributed by atoms with van der Waals surface area (Å²) < 4.78 is 151. The Bertz CT molecular complexity index is 849. The zero-order valence-electron chi connectivity index (χ0n) is 16.3. The van der Waals surface area contributed by atoms with Gasteiger partial charge in [0.05, 0.1) is 11.5 Å². The van der Waals surface area contributed by atoms with Crippen LogP contribution in [-0.2, 0) is 10.1 Å². The number of halogens is 9. The van der Waals surface area contributed by atoms with Crippen LogP contribution in [0.4, 0.5) is 39.5 Å². The smallest absolute Gasteiger partial charge is 0.486 e. The standard InChI is InChI=1S/C16H19F9O4S2/c1-4-28-11-7-9-12(10-8-11)30(5-2,6-3)29-31(26,27)16(24,25)14(19,20)13(17,18)15(21,22)23/h7-10H,4-6H2,1-3H3/p+1. The Balaban J connectivity index is 3.49. The van der Waals surface area contributed by atoms with Crippen molar-refractivity contribution in [1.82, 2.24) is 0 Å². The van der Waals surface area contributed by atoms with Gasteiger partial charge in [-0.3, -0.25) is 3.63 Å². The normalized spacial score (nSPS) is 15.1. The minimum Gasteiger partial charge on any atom is -0.494 e. The van der Waals surface area contributed by atoms with Crippen molar-refractivity contribution in [1.29, 1.82) is 0 Å². The summed E-state index contributed by atoms with van der Waals surface area (Å²) in [5, 5.41) is -6.84. The fraction of sp³-hybridized carbons (Fsp3) is 0.625. The number of benzene rings is 1. The molecule has 0 saturated heterocycles. The highest BCUT2D eigenvalue weighted by molar-refractivity contribution is 8.32. The van der Waals surface area contributed by atoms with Gasteiger partial charge in [0, 0.05) is 21.8 Å². The third kappa shape index (κ3) is 4.72. The number of alkyl halides is 9. The second-order valence-electron chi connectivity index (χ2n) is 6.04. The molecule has 0 unspecified atom stereocenters. The first kappa shape index (κ1) is 27.7. The summed E-state index contributed by atoms with van der Waals surface area (Å²) in [7, 11) is -10.1. The van der Waals surface area contributed by atoms with Gasteiger partial charge in [-0.05, 0) is 31.2 Å². The lowest BCUT2D eigenvalue weighted by atomic mass is 10.1. The molecule has 15 heteroatoms. The van der Waals surface area contributed by atoms with Crippen molar-refractivity contribution in [3.63, 3.8) is 0 Å². The van der Waals surface area contributed by atoms with Crippen LogP contribution in [0, 0.1) is 0 Å². The van der Waals surface area contributed by atoms with Crippen molar-refractivity contribution < 1.29 is 56.3 Å². The first-order chi connectivity index (χ1) is 13.9. The van der Waals surface area contributed by atoms with Gasteiger partial charge in [-0.25, -0.2) is 0 Å². The minimum atomic E-state index is -7.33. The summed E-state index contributed by atoms with van der Waals surface area (Å²) in [6.45, 7) is 4.48. The van der Waals surface area contributed by atoms with Gasteiger partial charge in [0.2, 0.25) is 0 Å². The zero-order chi connectivity index (χ0) is 24.5. The lowest BCUT2D eigenvalue weighted by Gasteiger charge is -2.36. The molecule has 4 nitrogen and oxygen atoms in total. The molecular weight excluding hydrogens is 491 g/mol. The first-order valence-corrected chi connectivity index (χ1v) is 11.9. The van der Waals surface area contributed by atoms with E-state index in [-0.39, 0.29) is 23.0 Å². The largest absolute Gasteiger partial charge is 0.494 e. The summed E-state index contributed by atoms with van der Waals surface area (Å²) in [5.41, 5.74) is 0. The predicted molar refractivity (Wildman–Crippen MR) is 97.0 cm³/mol. The van der Waals surface area contributed by atoms with Crippen LogP contribution < -0.4 is 4.74 Å². The minimum absolute atomic E-state index is 0.00576. The van der Waals surface area contributed by atoms with E-state index in [0.717, 1.165) is 0 Å². The van der Waals surface area contributed by atoms with E-state index in [2.05, 4.69) is 3.63 Å². The lowest BCUT2D eigenvalue weighted by molar-refractivity contribution is -0.382. The van der Waals surface area contributed by atoms with E-state index in [9.17, 15) is 47.9 Å². The summed E-state index contributed by atoms with van der Waals surface area (Å²) >= 11 is 0. The molecule has 1 N–H and O–H groups in total. The molecule has 0 saturated carbocycles. The molecule has 0 atom stereocenters. The van der Waals surface area contributed by atoms with Gasteiger partial charge in [-0.15, -0.1) is 8.42 Å². The van der Waals surface area contributed by atoms with Gasteiger partial charge in [0.25, 0.3) is 0 Å². The molecule has 0 amide bonds. The molecule has 0 radical (unpaired) electrons. The fourth-order valence-corrected chi connectivity index (χ4v) is 7.63. The van der Waals surface area contributed by atoms with Gasteiger partial charge in [-0.1, -0.05) is 13.8 Å². The number of rotatable bonds is 10. The van der Waals surface area contributed by atoms with Crippen LogP contribution in [0.25, 0.3) is 0 Å². The number of hydrogen-bond acceptors (Lipinski definition) is 3. The molecule has 0 aliphatic rings. The van der Waals surface area contributed by atoms with Crippen molar-refractivity contribution in [3.05, 3.63) is 24.3 Å². The van der Waals surface area contributed by atoms with Crippen LogP contribution in [0.15, 0.2) is 29.2 Å². The summed E-state index contributed by atoms with van der Waals surface area (Å²) in [6, 6.07) is 5.09. The van der Waals surface area contributed by atoms with Gasteiger partial charge >= 0.3 is 33.4 Å². The van der Waals surface area contributed by atoms with Gasteiger partial charge in [-0.2, -0.15) is 39.5 Å². The Hall–Kier alpha value is -1.35. The molecule has 1 rings (SSSR count). The predicted octanol–water partition coefficient (Wildman–Crippen LogP) is 6.05. The molecule has 0 bridgehead atoms. The highest BCUT2D eigenvalue weighted by Crippen LogP contribution is 2.60. The molecule has 0 aromatic heterocycles. The van der Waals surface area contributed by atoms with Crippen LogP contribution in [-0.4, -0.2) is 53.4 Å². The van der Waals surface area contributed by atoms with E-state index in [1.165, 1.54) is 38.1 Å². The lowest BCUT2D eigenvalue weighted by Crippen LogP contribution is -2.63. The van der Waals surface area contributed by atoms with E-state index in [4.69, 9.17) is 4.74 Å². The molecule has 0 aliphatic heterocycles. The quantitative estimate of drug-likeness (QED) is 0.218. The maximum atomic E-state index is 14.1. The molecule has 0 heterocycles. The molecule has 1 aromatic carbocycles. The van der Waals surface area contributed by atoms with Crippen molar-refractivity contribution in [3.8, 4) is 5.75 Å². The van der Waals surface area contributed by atoms with Crippen molar-refractivity contribution in [2.45, 2.75) is 48.9 Å². The Morgan fingerprint density at radius 3 is 1.61 bits per heavy atom. The summed E-state index contributed by atoms with van der Waals surface area (Å²) in [5.74, 6) is -14.9. The third-order valence-corrected chi connectivity index (χ3v) is 10.1. The van der Waals surface area contributed by atoms with E-state index >= 15 is 0 Å². The molecule has 0 fully saturated rings. The van der Waals surface area contributed by atoms with E-state index in [0.29, 0.717) is 5.75 Å². The van der Waals surface area contributed by atoms with Crippen molar-refractivity contribution in [2.24, 2.45) is 0 Å². The second kappa shape index (κ2) is 8.89. The molecular formula is C16H20F9O4S2+. The maximum Gasteiger partial charge on any atom is 0.486 e. The van der Waals surface area contributed by atoms with Gasteiger partial charge in [0.1, 0.15) is 5.75 Å². The molecule has 182 valence electrons. The van der Waals surface area contributed by atoms with Crippen molar-refractivity contribution in [2.75, 3.05) is 18.1 Å². The SMILES string of the molecule is CCOc1ccc(S(CC)(CC)[OH+]S(=O)(=O)C(F)(F)C(F)(F)C(F)(F)C(F)(F)F)cc1. The van der Waals surface area contributed by atoms with Crippen molar-refractivity contribution >= 4 is 20.4 Å². The van der Waals surface area contributed by atoms with Crippen LogP contribution in [0.2, 0.25) is 0 Å². The van der Waals surface area contributed by atoms with E-state index in [1.54, 1.807) is 6.92 Å². The highest BCUT2D eigenvalue weighted by Gasteiger charge is 2.87. The molecule has 1 aromatic rings. The van der Waals surface area contributed by atoms with Crippen LogP contribution in [0.1, 0.15) is 20.8 Å². The molecule has 31 heavy (non-hydrogen) atoms. The van der Waals surface area contributed by atoms with E-state index < -0.39 is 43.7 Å². The average molecular weight is 511 g/mol.